The maximum absolute atomic E-state index is 12.0. The van der Waals surface area contributed by atoms with Gasteiger partial charge < -0.3 is 5.32 Å². The zero-order valence-electron chi connectivity index (χ0n) is 15.0. The van der Waals surface area contributed by atoms with Crippen LogP contribution in [0.25, 0.3) is 11.3 Å². The molecule has 7 heteroatoms. The number of benzene rings is 1. The van der Waals surface area contributed by atoms with Crippen LogP contribution in [0.15, 0.2) is 46.8 Å². The summed E-state index contributed by atoms with van der Waals surface area (Å²) in [4.78, 5) is 20.9. The molecule has 0 aliphatic rings. The number of aromatic nitrogens is 2. The summed E-state index contributed by atoms with van der Waals surface area (Å²) in [6.07, 6.45) is 0.324. The average Bonchev–Trinajstić information content (AvgIpc) is 3.07. The molecule has 0 aliphatic carbocycles. The zero-order valence-corrected chi connectivity index (χ0v) is 16.7. The average molecular weight is 395 g/mol. The molecule has 1 amide bonds. The maximum Gasteiger partial charge on any atom is 0.226 e. The maximum atomic E-state index is 12.0. The van der Waals surface area contributed by atoms with Crippen molar-refractivity contribution in [2.45, 2.75) is 25.3 Å². The Morgan fingerprint density at radius 1 is 1.19 bits per heavy atom. The number of pyridine rings is 1. The van der Waals surface area contributed by atoms with Crippen LogP contribution in [0.1, 0.15) is 23.2 Å². The van der Waals surface area contributed by atoms with Gasteiger partial charge in [0, 0.05) is 23.1 Å². The van der Waals surface area contributed by atoms with Gasteiger partial charge in [0.05, 0.1) is 17.0 Å². The van der Waals surface area contributed by atoms with Crippen LogP contribution < -0.4 is 5.32 Å². The van der Waals surface area contributed by atoms with Crippen LogP contribution in [0.4, 0.5) is 5.13 Å². The van der Waals surface area contributed by atoms with Crippen LogP contribution in [0, 0.1) is 25.2 Å². The molecule has 0 atom stereocenters. The molecule has 0 spiro atoms. The van der Waals surface area contributed by atoms with Crippen LogP contribution in [0.3, 0.4) is 0 Å². The predicted octanol–water partition coefficient (Wildman–Crippen LogP) is 4.81. The number of aryl methyl sites for hydroxylation is 2. The zero-order chi connectivity index (χ0) is 19.2. The molecule has 0 bridgehead atoms. The third-order valence-electron chi connectivity index (χ3n) is 3.76. The summed E-state index contributed by atoms with van der Waals surface area (Å²) in [5, 5.41) is 15.3. The van der Waals surface area contributed by atoms with Gasteiger partial charge >= 0.3 is 0 Å². The number of nitriles is 1. The molecule has 27 heavy (non-hydrogen) atoms. The number of carbonyl (C=O) groups is 1. The molecule has 0 radical (unpaired) electrons. The summed E-state index contributed by atoms with van der Waals surface area (Å²) in [6.45, 7) is 3.92. The molecule has 1 aromatic carbocycles. The number of thioether (sulfide) groups is 1. The van der Waals surface area contributed by atoms with Gasteiger partial charge in [-0.2, -0.15) is 5.26 Å². The fraction of sp³-hybridized carbons (Fsp3) is 0.200. The van der Waals surface area contributed by atoms with Crippen molar-refractivity contribution in [2.24, 2.45) is 0 Å². The van der Waals surface area contributed by atoms with E-state index in [4.69, 9.17) is 0 Å². The van der Waals surface area contributed by atoms with Gasteiger partial charge in [0.1, 0.15) is 11.1 Å². The van der Waals surface area contributed by atoms with Gasteiger partial charge in [-0.05, 0) is 26.0 Å². The highest BCUT2D eigenvalue weighted by molar-refractivity contribution is 7.99. The smallest absolute Gasteiger partial charge is 0.226 e. The first-order valence-electron chi connectivity index (χ1n) is 8.38. The highest BCUT2D eigenvalue weighted by Gasteiger charge is 2.10. The van der Waals surface area contributed by atoms with E-state index < -0.39 is 0 Å². The lowest BCUT2D eigenvalue weighted by Crippen LogP contribution is -2.12. The van der Waals surface area contributed by atoms with Crippen molar-refractivity contribution in [1.29, 1.82) is 5.26 Å². The van der Waals surface area contributed by atoms with E-state index >= 15 is 0 Å². The van der Waals surface area contributed by atoms with E-state index in [1.165, 1.54) is 28.7 Å². The van der Waals surface area contributed by atoms with Crippen LogP contribution in [0.5, 0.6) is 0 Å². The van der Waals surface area contributed by atoms with Crippen molar-refractivity contribution < 1.29 is 4.79 Å². The summed E-state index contributed by atoms with van der Waals surface area (Å²) in [7, 11) is 0. The fourth-order valence-corrected chi connectivity index (χ4v) is 3.97. The van der Waals surface area contributed by atoms with Gasteiger partial charge in [-0.25, -0.2) is 9.97 Å². The van der Waals surface area contributed by atoms with Crippen LogP contribution in [-0.2, 0) is 4.79 Å². The number of nitrogens with zero attached hydrogens (tertiary/aromatic N) is 3. The summed E-state index contributed by atoms with van der Waals surface area (Å²) in [6, 6.07) is 13.9. The first kappa shape index (κ1) is 19.1. The van der Waals surface area contributed by atoms with E-state index in [1.807, 2.05) is 49.6 Å². The summed E-state index contributed by atoms with van der Waals surface area (Å²) >= 11 is 2.83. The van der Waals surface area contributed by atoms with Crippen LogP contribution in [0.2, 0.25) is 0 Å². The highest BCUT2D eigenvalue weighted by atomic mass is 32.2. The molecular weight excluding hydrogens is 376 g/mol. The Labute approximate surface area is 166 Å². The Morgan fingerprint density at radius 2 is 1.96 bits per heavy atom. The Bertz CT molecular complexity index is 990. The largest absolute Gasteiger partial charge is 0.302 e. The van der Waals surface area contributed by atoms with E-state index in [9.17, 15) is 10.1 Å². The van der Waals surface area contributed by atoms with Crippen LogP contribution >= 0.6 is 23.1 Å². The molecule has 0 saturated carbocycles. The van der Waals surface area contributed by atoms with Crippen molar-refractivity contribution in [1.82, 2.24) is 9.97 Å². The molecule has 5 nitrogen and oxygen atoms in total. The van der Waals surface area contributed by atoms with Crippen molar-refractivity contribution >= 4 is 34.1 Å². The first-order chi connectivity index (χ1) is 13.0. The molecule has 0 unspecified atom stereocenters. The minimum Gasteiger partial charge on any atom is -0.302 e. The monoisotopic (exact) mass is 394 g/mol. The van der Waals surface area contributed by atoms with Gasteiger partial charge in [-0.3, -0.25) is 4.79 Å². The molecule has 2 heterocycles. The number of rotatable bonds is 6. The number of hydrogen-bond donors (Lipinski definition) is 1. The van der Waals surface area contributed by atoms with E-state index in [-0.39, 0.29) is 5.91 Å². The number of thiazole rings is 1. The number of nitrogens with one attached hydrogen (secondary N) is 1. The molecule has 1 N–H and O–H groups in total. The van der Waals surface area contributed by atoms with Gasteiger partial charge in [-0.1, -0.05) is 29.8 Å². The molecule has 0 saturated heterocycles. The number of carbonyl (C=O) groups excluding carboxylic acids is 1. The van der Waals surface area contributed by atoms with Crippen molar-refractivity contribution in [2.75, 3.05) is 11.1 Å². The standard InChI is InChI=1S/C20H18N4OS2/c1-13-3-5-15(6-4-13)17-8-7-16(11-21)19(23-17)26-10-9-18(25)24-20-22-14(2)12-27-20/h3-8,12H,9-10H2,1-2H3,(H,22,24,25). The highest BCUT2D eigenvalue weighted by Crippen LogP contribution is 2.26. The molecule has 0 fully saturated rings. The lowest BCUT2D eigenvalue weighted by molar-refractivity contribution is -0.115. The topological polar surface area (TPSA) is 78.7 Å². The molecule has 0 aliphatic heterocycles. The fourth-order valence-electron chi connectivity index (χ4n) is 2.35. The normalized spacial score (nSPS) is 10.4. The number of hydrogen-bond acceptors (Lipinski definition) is 6. The molecule has 136 valence electrons. The quantitative estimate of drug-likeness (QED) is 0.607. The second-order valence-electron chi connectivity index (χ2n) is 5.97. The number of amides is 1. The molecular formula is C20H18N4OS2. The first-order valence-corrected chi connectivity index (χ1v) is 10.2. The Hall–Kier alpha value is -2.69. The summed E-state index contributed by atoms with van der Waals surface area (Å²) in [5.41, 5.74) is 4.42. The van der Waals surface area contributed by atoms with Gasteiger partial charge in [0.25, 0.3) is 0 Å². The number of anilines is 1. The third-order valence-corrected chi connectivity index (χ3v) is 5.63. The van der Waals surface area contributed by atoms with E-state index in [0.29, 0.717) is 27.9 Å². The SMILES string of the molecule is Cc1ccc(-c2ccc(C#N)c(SCCC(=O)Nc3nc(C)cs3)n2)cc1. The Kier molecular flexibility index (Phi) is 6.22. The second-order valence-corrected chi connectivity index (χ2v) is 7.91. The Morgan fingerprint density at radius 3 is 2.63 bits per heavy atom. The van der Waals surface area contributed by atoms with Crippen molar-refractivity contribution in [3.05, 3.63) is 58.6 Å². The lowest BCUT2D eigenvalue weighted by Gasteiger charge is -2.07. The van der Waals surface area contributed by atoms with Gasteiger partial charge in [-0.15, -0.1) is 23.1 Å². The van der Waals surface area contributed by atoms with Gasteiger partial charge in [0.15, 0.2) is 5.13 Å². The second kappa shape index (κ2) is 8.80. The third kappa shape index (κ3) is 5.16. The molecule has 2 aromatic heterocycles. The predicted molar refractivity (Wildman–Crippen MR) is 110 cm³/mol. The molecule has 3 aromatic rings. The van der Waals surface area contributed by atoms with Crippen molar-refractivity contribution in [3.8, 4) is 17.3 Å². The van der Waals surface area contributed by atoms with E-state index in [2.05, 4.69) is 21.4 Å². The van der Waals surface area contributed by atoms with Crippen LogP contribution in [-0.4, -0.2) is 21.6 Å². The van der Waals surface area contributed by atoms with Crippen molar-refractivity contribution in [3.63, 3.8) is 0 Å². The minimum atomic E-state index is -0.0925. The molecule has 3 rings (SSSR count). The van der Waals surface area contributed by atoms with E-state index in [0.717, 1.165) is 17.0 Å². The van der Waals surface area contributed by atoms with Gasteiger partial charge in [0.2, 0.25) is 5.91 Å². The minimum absolute atomic E-state index is 0.0925. The summed E-state index contributed by atoms with van der Waals surface area (Å²) in [5.74, 6) is 0.444. The lowest BCUT2D eigenvalue weighted by atomic mass is 10.1. The Balaban J connectivity index is 1.64. The summed E-state index contributed by atoms with van der Waals surface area (Å²) < 4.78 is 0. The van der Waals surface area contributed by atoms with E-state index in [1.54, 1.807) is 6.07 Å².